The SMILES string of the molecule is Oc1cc2ccccc2c(O)c1-c1ccccc1-c1ccc(Cl)cc1. The molecule has 3 heteroatoms. The van der Waals surface area contributed by atoms with Crippen molar-refractivity contribution in [2.24, 2.45) is 0 Å². The van der Waals surface area contributed by atoms with Crippen LogP contribution in [0, 0.1) is 0 Å². The van der Waals surface area contributed by atoms with Crippen LogP contribution in [0.25, 0.3) is 33.0 Å². The third-order valence-electron chi connectivity index (χ3n) is 4.35. The Morgan fingerprint density at radius 2 is 1.32 bits per heavy atom. The van der Waals surface area contributed by atoms with Crippen LogP contribution < -0.4 is 0 Å². The van der Waals surface area contributed by atoms with E-state index in [0.29, 0.717) is 16.0 Å². The zero-order valence-corrected chi connectivity index (χ0v) is 14.0. The van der Waals surface area contributed by atoms with Crippen LogP contribution >= 0.6 is 11.6 Å². The number of halogens is 1. The van der Waals surface area contributed by atoms with Gasteiger partial charge in [0.25, 0.3) is 0 Å². The van der Waals surface area contributed by atoms with Crippen molar-refractivity contribution in [3.05, 3.63) is 83.9 Å². The Morgan fingerprint density at radius 3 is 2.08 bits per heavy atom. The number of aromatic hydroxyl groups is 2. The number of phenolic OH excluding ortho intramolecular Hbond substituents is 2. The molecule has 0 fully saturated rings. The summed E-state index contributed by atoms with van der Waals surface area (Å²) in [4.78, 5) is 0. The lowest BCUT2D eigenvalue weighted by Gasteiger charge is -2.15. The zero-order chi connectivity index (χ0) is 17.4. The van der Waals surface area contributed by atoms with E-state index in [-0.39, 0.29) is 11.5 Å². The van der Waals surface area contributed by atoms with Gasteiger partial charge in [0, 0.05) is 10.4 Å². The molecule has 0 aliphatic heterocycles. The molecule has 0 saturated heterocycles. The van der Waals surface area contributed by atoms with Crippen molar-refractivity contribution in [1.82, 2.24) is 0 Å². The fraction of sp³-hybridized carbons (Fsp3) is 0. The van der Waals surface area contributed by atoms with E-state index >= 15 is 0 Å². The summed E-state index contributed by atoms with van der Waals surface area (Å²) >= 11 is 5.99. The van der Waals surface area contributed by atoms with E-state index in [9.17, 15) is 10.2 Å². The summed E-state index contributed by atoms with van der Waals surface area (Å²) in [6, 6.07) is 24.3. The minimum absolute atomic E-state index is 0.0533. The molecule has 0 saturated carbocycles. The zero-order valence-electron chi connectivity index (χ0n) is 13.3. The van der Waals surface area contributed by atoms with E-state index < -0.39 is 0 Å². The van der Waals surface area contributed by atoms with Crippen molar-refractivity contribution in [3.8, 4) is 33.8 Å². The lowest BCUT2D eigenvalue weighted by atomic mass is 9.92. The Morgan fingerprint density at radius 1 is 0.680 bits per heavy atom. The van der Waals surface area contributed by atoms with E-state index in [2.05, 4.69) is 0 Å². The summed E-state index contributed by atoms with van der Waals surface area (Å²) in [5.74, 6) is 0.134. The van der Waals surface area contributed by atoms with Crippen LogP contribution in [-0.4, -0.2) is 10.2 Å². The molecule has 2 N–H and O–H groups in total. The van der Waals surface area contributed by atoms with Crippen molar-refractivity contribution in [2.75, 3.05) is 0 Å². The third-order valence-corrected chi connectivity index (χ3v) is 4.60. The van der Waals surface area contributed by atoms with E-state index in [1.54, 1.807) is 6.07 Å². The summed E-state index contributed by atoms with van der Waals surface area (Å²) in [5, 5.41) is 23.6. The first-order valence-corrected chi connectivity index (χ1v) is 8.32. The molecule has 0 spiro atoms. The van der Waals surface area contributed by atoms with Crippen LogP contribution in [0.5, 0.6) is 11.5 Å². The predicted octanol–water partition coefficient (Wildman–Crippen LogP) is 6.24. The Balaban J connectivity index is 2.00. The molecule has 0 heterocycles. The second kappa shape index (κ2) is 6.15. The molecule has 2 nitrogen and oxygen atoms in total. The molecule has 4 aromatic rings. The van der Waals surface area contributed by atoms with Crippen molar-refractivity contribution >= 4 is 22.4 Å². The summed E-state index contributed by atoms with van der Waals surface area (Å²) in [7, 11) is 0. The van der Waals surface area contributed by atoms with Gasteiger partial charge in [-0.05, 0) is 40.3 Å². The van der Waals surface area contributed by atoms with Crippen LogP contribution in [0.2, 0.25) is 5.02 Å². The Labute approximate surface area is 150 Å². The molecule has 0 aliphatic carbocycles. The molecule has 4 aromatic carbocycles. The van der Waals surface area contributed by atoms with Gasteiger partial charge in [0.1, 0.15) is 11.5 Å². The summed E-state index contributed by atoms with van der Waals surface area (Å²) < 4.78 is 0. The number of fused-ring (bicyclic) bond motifs is 1. The molecule has 4 rings (SSSR count). The molecule has 0 aromatic heterocycles. The van der Waals surface area contributed by atoms with Crippen LogP contribution in [0.4, 0.5) is 0 Å². The second-order valence-electron chi connectivity index (χ2n) is 5.89. The summed E-state index contributed by atoms with van der Waals surface area (Å²) in [5.41, 5.74) is 3.09. The maximum absolute atomic E-state index is 10.8. The highest BCUT2D eigenvalue weighted by Gasteiger charge is 2.17. The fourth-order valence-corrected chi connectivity index (χ4v) is 3.29. The van der Waals surface area contributed by atoms with Crippen LogP contribution in [0.3, 0.4) is 0 Å². The maximum atomic E-state index is 10.8. The molecule has 122 valence electrons. The maximum Gasteiger partial charge on any atom is 0.134 e. The van der Waals surface area contributed by atoms with Crippen molar-refractivity contribution < 1.29 is 10.2 Å². The highest BCUT2D eigenvalue weighted by atomic mass is 35.5. The Hall–Kier alpha value is -2.97. The van der Waals surface area contributed by atoms with Gasteiger partial charge in [0.15, 0.2) is 0 Å². The Bertz CT molecular complexity index is 1070. The second-order valence-corrected chi connectivity index (χ2v) is 6.33. The van der Waals surface area contributed by atoms with E-state index in [0.717, 1.165) is 22.1 Å². The lowest BCUT2D eigenvalue weighted by Crippen LogP contribution is -1.88. The molecule has 25 heavy (non-hydrogen) atoms. The average Bonchev–Trinajstić information content (AvgIpc) is 2.63. The van der Waals surface area contributed by atoms with Crippen molar-refractivity contribution in [3.63, 3.8) is 0 Å². The first-order valence-electron chi connectivity index (χ1n) is 7.94. The quantitative estimate of drug-likeness (QED) is 0.451. The molecular weight excluding hydrogens is 332 g/mol. The first kappa shape index (κ1) is 15.6. The molecule has 0 bridgehead atoms. The van der Waals surface area contributed by atoms with Gasteiger partial charge >= 0.3 is 0 Å². The summed E-state index contributed by atoms with van der Waals surface area (Å²) in [6.45, 7) is 0. The number of phenols is 2. The minimum Gasteiger partial charge on any atom is -0.507 e. The van der Waals surface area contributed by atoms with Gasteiger partial charge in [-0.2, -0.15) is 0 Å². The van der Waals surface area contributed by atoms with Gasteiger partial charge in [-0.3, -0.25) is 0 Å². The van der Waals surface area contributed by atoms with Gasteiger partial charge in [-0.25, -0.2) is 0 Å². The number of hydrogen-bond donors (Lipinski definition) is 2. The van der Waals surface area contributed by atoms with Gasteiger partial charge in [-0.1, -0.05) is 72.3 Å². The number of benzene rings is 4. The topological polar surface area (TPSA) is 40.5 Å². The largest absolute Gasteiger partial charge is 0.507 e. The van der Waals surface area contributed by atoms with Crippen LogP contribution in [0.1, 0.15) is 0 Å². The highest BCUT2D eigenvalue weighted by Crippen LogP contribution is 2.45. The molecule has 0 atom stereocenters. The van der Waals surface area contributed by atoms with Gasteiger partial charge in [0.05, 0.1) is 5.56 Å². The molecule has 0 aliphatic rings. The molecule has 0 radical (unpaired) electrons. The van der Waals surface area contributed by atoms with E-state index in [1.807, 2.05) is 72.8 Å². The monoisotopic (exact) mass is 346 g/mol. The van der Waals surface area contributed by atoms with Gasteiger partial charge < -0.3 is 10.2 Å². The van der Waals surface area contributed by atoms with Gasteiger partial charge in [-0.15, -0.1) is 0 Å². The Kier molecular flexibility index (Phi) is 3.83. The third kappa shape index (κ3) is 2.71. The number of hydrogen-bond acceptors (Lipinski definition) is 2. The average molecular weight is 347 g/mol. The number of rotatable bonds is 2. The standard InChI is InChI=1S/C22H15ClO2/c23-16-11-9-14(10-12-16)17-6-3-4-8-19(17)21-20(24)13-15-5-1-2-7-18(15)22(21)25/h1-13,24-25H. The van der Waals surface area contributed by atoms with Crippen LogP contribution in [0.15, 0.2) is 78.9 Å². The molecular formula is C22H15ClO2. The summed E-state index contributed by atoms with van der Waals surface area (Å²) in [6.07, 6.45) is 0. The highest BCUT2D eigenvalue weighted by molar-refractivity contribution is 6.30. The van der Waals surface area contributed by atoms with Gasteiger partial charge in [0.2, 0.25) is 0 Å². The minimum atomic E-state index is 0.0533. The molecule has 0 amide bonds. The van der Waals surface area contributed by atoms with E-state index in [1.165, 1.54) is 0 Å². The predicted molar refractivity (Wildman–Crippen MR) is 103 cm³/mol. The normalized spacial score (nSPS) is 10.9. The lowest BCUT2D eigenvalue weighted by molar-refractivity contribution is 0.459. The van der Waals surface area contributed by atoms with Crippen molar-refractivity contribution in [2.45, 2.75) is 0 Å². The smallest absolute Gasteiger partial charge is 0.134 e. The first-order chi connectivity index (χ1) is 12.1. The van der Waals surface area contributed by atoms with E-state index in [4.69, 9.17) is 11.6 Å². The molecule has 0 unspecified atom stereocenters. The van der Waals surface area contributed by atoms with Crippen LogP contribution in [-0.2, 0) is 0 Å². The van der Waals surface area contributed by atoms with Crippen molar-refractivity contribution in [1.29, 1.82) is 0 Å². The fourth-order valence-electron chi connectivity index (χ4n) is 3.16.